The van der Waals surface area contributed by atoms with Crippen molar-refractivity contribution in [2.45, 2.75) is 9.79 Å². The van der Waals surface area contributed by atoms with E-state index in [9.17, 15) is 0 Å². The molecule has 2 rings (SSSR count). The van der Waals surface area contributed by atoms with Gasteiger partial charge < -0.3 is 0 Å². The Hall–Kier alpha value is -0.160. The van der Waals surface area contributed by atoms with Crippen LogP contribution in [-0.2, 0) is 0 Å². The first kappa shape index (κ1) is 10.4. The summed E-state index contributed by atoms with van der Waals surface area (Å²) in [7, 11) is 0. The minimum Gasteiger partial charge on any atom is -0.231 e. The molecule has 0 aliphatic heterocycles. The summed E-state index contributed by atoms with van der Waals surface area (Å²) in [6, 6.07) is 3.49. The highest BCUT2D eigenvalue weighted by atomic mass is 35.5. The van der Waals surface area contributed by atoms with Crippen molar-refractivity contribution < 1.29 is 0 Å². The Labute approximate surface area is 101 Å². The molecule has 1 aromatic heterocycles. The van der Waals surface area contributed by atoms with Crippen molar-refractivity contribution >= 4 is 59.5 Å². The van der Waals surface area contributed by atoms with E-state index in [4.69, 9.17) is 23.2 Å². The van der Waals surface area contributed by atoms with Crippen LogP contribution in [0.15, 0.2) is 21.9 Å². The number of halogens is 2. The minimum atomic E-state index is 0.193. The lowest BCUT2D eigenvalue weighted by atomic mass is 10.3. The summed E-state index contributed by atoms with van der Waals surface area (Å²) in [6.07, 6.45) is 0. The topological polar surface area (TPSA) is 25.8 Å². The Morgan fingerprint density at radius 1 is 0.857 bits per heavy atom. The molecule has 0 aliphatic rings. The number of hydrogen-bond acceptors (Lipinski definition) is 4. The van der Waals surface area contributed by atoms with Gasteiger partial charge in [-0.15, -0.1) is 25.3 Å². The van der Waals surface area contributed by atoms with Crippen LogP contribution in [-0.4, -0.2) is 9.97 Å². The number of fused-ring (bicyclic) bond motifs is 1. The highest BCUT2D eigenvalue weighted by molar-refractivity contribution is 7.83. The van der Waals surface area contributed by atoms with E-state index in [-0.39, 0.29) is 10.3 Å². The smallest absolute Gasteiger partial charge is 0.167 e. The molecule has 0 saturated carbocycles. The standard InChI is InChI=1S/C8H4Cl2N2S2/c9-7-8(10)12-4-2-6(14)5(13)1-3(4)11-7/h1-2,13-14H. The third kappa shape index (κ3) is 1.80. The molecule has 6 heteroatoms. The number of hydrogen-bond donors (Lipinski definition) is 2. The molecule has 0 saturated heterocycles. The largest absolute Gasteiger partial charge is 0.231 e. The average Bonchev–Trinajstić information content (AvgIpc) is 2.11. The zero-order valence-corrected chi connectivity index (χ0v) is 10.0. The summed E-state index contributed by atoms with van der Waals surface area (Å²) in [5.74, 6) is 0. The molecule has 0 atom stereocenters. The van der Waals surface area contributed by atoms with Gasteiger partial charge in [-0.3, -0.25) is 0 Å². The Bertz CT molecular complexity index is 427. The predicted molar refractivity (Wildman–Crippen MR) is 64.1 cm³/mol. The van der Waals surface area contributed by atoms with Gasteiger partial charge in [0.1, 0.15) is 0 Å². The highest BCUT2D eigenvalue weighted by Crippen LogP contribution is 2.26. The van der Waals surface area contributed by atoms with Gasteiger partial charge in [0.15, 0.2) is 10.3 Å². The first-order chi connectivity index (χ1) is 6.58. The SMILES string of the molecule is Sc1cc2nc(Cl)c(Cl)nc2cc1S. The lowest BCUT2D eigenvalue weighted by Crippen LogP contribution is -1.87. The molecule has 2 aromatic rings. The Morgan fingerprint density at radius 2 is 1.21 bits per heavy atom. The Morgan fingerprint density at radius 3 is 1.57 bits per heavy atom. The van der Waals surface area contributed by atoms with Crippen LogP contribution in [0.2, 0.25) is 10.3 Å². The van der Waals surface area contributed by atoms with Gasteiger partial charge in [0.05, 0.1) is 11.0 Å². The second kappa shape index (κ2) is 3.77. The van der Waals surface area contributed by atoms with Crippen LogP contribution in [0.5, 0.6) is 0 Å². The summed E-state index contributed by atoms with van der Waals surface area (Å²) >= 11 is 19.9. The van der Waals surface area contributed by atoms with Crippen molar-refractivity contribution in [2.75, 3.05) is 0 Å². The molecule has 0 radical (unpaired) electrons. The maximum Gasteiger partial charge on any atom is 0.167 e. The Balaban J connectivity index is 2.83. The van der Waals surface area contributed by atoms with E-state index in [0.717, 1.165) is 9.79 Å². The van der Waals surface area contributed by atoms with E-state index in [1.807, 2.05) is 0 Å². The van der Waals surface area contributed by atoms with Crippen molar-refractivity contribution in [3.8, 4) is 0 Å². The van der Waals surface area contributed by atoms with Crippen LogP contribution in [0.4, 0.5) is 0 Å². The monoisotopic (exact) mass is 262 g/mol. The van der Waals surface area contributed by atoms with Gasteiger partial charge in [-0.25, -0.2) is 9.97 Å². The number of aromatic nitrogens is 2. The summed E-state index contributed by atoms with van der Waals surface area (Å²) in [4.78, 5) is 9.59. The second-order valence-corrected chi connectivity index (χ2v) is 4.31. The first-order valence-electron chi connectivity index (χ1n) is 3.62. The molecule has 0 fully saturated rings. The molecule has 72 valence electrons. The maximum absolute atomic E-state index is 5.73. The third-order valence-corrected chi connectivity index (χ3v) is 3.22. The van der Waals surface area contributed by atoms with E-state index in [2.05, 4.69) is 35.2 Å². The summed E-state index contributed by atoms with van der Waals surface area (Å²) in [5.41, 5.74) is 1.31. The zero-order valence-electron chi connectivity index (χ0n) is 6.70. The van der Waals surface area contributed by atoms with E-state index < -0.39 is 0 Å². The van der Waals surface area contributed by atoms with Crippen molar-refractivity contribution in [3.05, 3.63) is 22.4 Å². The van der Waals surface area contributed by atoms with Crippen LogP contribution >= 0.6 is 48.5 Å². The van der Waals surface area contributed by atoms with Gasteiger partial charge in [0.25, 0.3) is 0 Å². The van der Waals surface area contributed by atoms with Crippen LogP contribution in [0.1, 0.15) is 0 Å². The number of nitrogens with zero attached hydrogens (tertiary/aromatic N) is 2. The van der Waals surface area contributed by atoms with E-state index in [1.54, 1.807) is 12.1 Å². The van der Waals surface area contributed by atoms with Crippen LogP contribution in [0, 0.1) is 0 Å². The van der Waals surface area contributed by atoms with Crippen LogP contribution < -0.4 is 0 Å². The van der Waals surface area contributed by atoms with Crippen molar-refractivity contribution in [3.63, 3.8) is 0 Å². The molecule has 0 aliphatic carbocycles. The molecule has 1 aromatic carbocycles. The quantitative estimate of drug-likeness (QED) is 0.711. The van der Waals surface area contributed by atoms with Crippen molar-refractivity contribution in [1.29, 1.82) is 0 Å². The van der Waals surface area contributed by atoms with Gasteiger partial charge in [0.2, 0.25) is 0 Å². The van der Waals surface area contributed by atoms with E-state index in [1.165, 1.54) is 0 Å². The predicted octanol–water partition coefficient (Wildman–Crippen LogP) is 3.51. The average molecular weight is 263 g/mol. The fraction of sp³-hybridized carbons (Fsp3) is 0. The maximum atomic E-state index is 5.73. The van der Waals surface area contributed by atoms with Crippen molar-refractivity contribution in [2.24, 2.45) is 0 Å². The molecule has 0 spiro atoms. The molecule has 14 heavy (non-hydrogen) atoms. The summed E-state index contributed by atoms with van der Waals surface area (Å²) in [5, 5.41) is 0.387. The number of rotatable bonds is 0. The van der Waals surface area contributed by atoms with Gasteiger partial charge in [-0.2, -0.15) is 0 Å². The zero-order chi connectivity index (χ0) is 10.3. The lowest BCUT2D eigenvalue weighted by Gasteiger charge is -2.02. The molecule has 2 nitrogen and oxygen atoms in total. The molecular weight excluding hydrogens is 259 g/mol. The summed E-state index contributed by atoms with van der Waals surface area (Å²) in [6.45, 7) is 0. The number of thiol groups is 2. The Kier molecular flexibility index (Phi) is 2.79. The van der Waals surface area contributed by atoms with Gasteiger partial charge in [0, 0.05) is 9.79 Å². The van der Waals surface area contributed by atoms with Crippen molar-refractivity contribution in [1.82, 2.24) is 9.97 Å². The molecular formula is C8H4Cl2N2S2. The van der Waals surface area contributed by atoms with E-state index in [0.29, 0.717) is 11.0 Å². The third-order valence-electron chi connectivity index (χ3n) is 1.68. The molecule has 0 bridgehead atoms. The fourth-order valence-electron chi connectivity index (χ4n) is 1.04. The fourth-order valence-corrected chi connectivity index (χ4v) is 1.68. The van der Waals surface area contributed by atoms with E-state index >= 15 is 0 Å². The van der Waals surface area contributed by atoms with Gasteiger partial charge in [-0.05, 0) is 12.1 Å². The summed E-state index contributed by atoms with van der Waals surface area (Å²) < 4.78 is 0. The lowest BCUT2D eigenvalue weighted by molar-refractivity contribution is 1.22. The van der Waals surface area contributed by atoms with Gasteiger partial charge in [-0.1, -0.05) is 23.2 Å². The first-order valence-corrected chi connectivity index (χ1v) is 5.27. The minimum absolute atomic E-state index is 0.193. The van der Waals surface area contributed by atoms with Gasteiger partial charge >= 0.3 is 0 Å². The molecule has 0 unspecified atom stereocenters. The normalized spacial score (nSPS) is 10.9. The van der Waals surface area contributed by atoms with Crippen LogP contribution in [0.25, 0.3) is 11.0 Å². The highest BCUT2D eigenvalue weighted by Gasteiger charge is 2.06. The van der Waals surface area contributed by atoms with Crippen LogP contribution in [0.3, 0.4) is 0 Å². The second-order valence-electron chi connectivity index (χ2n) is 2.63. The molecule has 1 heterocycles. The number of benzene rings is 1. The molecule has 0 amide bonds. The molecule has 0 N–H and O–H groups in total.